The lowest BCUT2D eigenvalue weighted by molar-refractivity contribution is -0.131. The Balaban J connectivity index is 1.37. The molecule has 3 atom stereocenters. The summed E-state index contributed by atoms with van der Waals surface area (Å²) in [6.07, 6.45) is 4.83. The molecule has 1 aliphatic carbocycles. The van der Waals surface area contributed by atoms with Crippen LogP contribution in [0.15, 0.2) is 30.6 Å². The van der Waals surface area contributed by atoms with Gasteiger partial charge >= 0.3 is 6.01 Å². The monoisotopic (exact) mass is 589 g/mol. The van der Waals surface area contributed by atoms with Crippen molar-refractivity contribution in [2.45, 2.75) is 56.3 Å². The predicted molar refractivity (Wildman–Crippen MR) is 161 cm³/mol. The molecule has 2 fully saturated rings. The maximum absolute atomic E-state index is 13.8. The average molecular weight is 590 g/mol. The van der Waals surface area contributed by atoms with Gasteiger partial charge in [-0.1, -0.05) is 18.7 Å². The standard InChI is InChI=1S/C32H40FN7O3/c1-21(33)30(41)40-15-14-39(18-23(40)17-34-2)29-25-19-38(4)32(12-11-24-26(32)9-6-10-28(24)42-5)16-27(25)35-31(36-29)43-20-22-8-7-13-37(22)3/h6,9-10,22-23H,1,7-8,11-20H2,3-5H3/t22-,23-,32?/m0/s1. The summed E-state index contributed by atoms with van der Waals surface area (Å²) < 4.78 is 25.9. The molecule has 1 unspecified atom stereocenters. The van der Waals surface area contributed by atoms with Crippen LogP contribution in [0.25, 0.3) is 4.85 Å². The SMILES string of the molecule is [C-]#[N+]C[C@H]1CN(c2nc(OC[C@@H]3CCCN3C)nc3c2CN(C)C2(CCc4c(OC)cccc42)C3)CCN1C(=O)C(=C)F. The molecule has 2 saturated heterocycles. The molecule has 4 aliphatic rings. The van der Waals surface area contributed by atoms with Gasteiger partial charge in [-0.05, 0) is 63.5 Å². The Morgan fingerprint density at radius 1 is 1.21 bits per heavy atom. The number of hydrogen-bond acceptors (Lipinski definition) is 8. The highest BCUT2D eigenvalue weighted by molar-refractivity contribution is 5.91. The van der Waals surface area contributed by atoms with Gasteiger partial charge in [-0.25, -0.2) is 11.0 Å². The molecule has 2 aromatic rings. The molecule has 1 aromatic heterocycles. The lowest BCUT2D eigenvalue weighted by Gasteiger charge is -2.46. The van der Waals surface area contributed by atoms with Crippen LogP contribution in [-0.2, 0) is 29.7 Å². The van der Waals surface area contributed by atoms with Crippen molar-refractivity contribution in [1.29, 1.82) is 0 Å². The number of methoxy groups -OCH3 is 1. The van der Waals surface area contributed by atoms with E-state index in [2.05, 4.69) is 52.4 Å². The fourth-order valence-corrected chi connectivity index (χ4v) is 7.52. The number of hydrogen-bond donors (Lipinski definition) is 0. The highest BCUT2D eigenvalue weighted by Crippen LogP contribution is 2.50. The molecule has 4 heterocycles. The van der Waals surface area contributed by atoms with Crippen LogP contribution in [0.2, 0.25) is 0 Å². The van der Waals surface area contributed by atoms with E-state index in [1.165, 1.54) is 16.0 Å². The van der Waals surface area contributed by atoms with Gasteiger partial charge in [0.25, 0.3) is 5.91 Å². The largest absolute Gasteiger partial charge is 0.496 e. The van der Waals surface area contributed by atoms with Gasteiger partial charge in [-0.2, -0.15) is 9.97 Å². The smallest absolute Gasteiger partial charge is 0.318 e. The average Bonchev–Trinajstić information content (AvgIpc) is 3.59. The third-order valence-corrected chi connectivity index (χ3v) is 9.93. The number of fused-ring (bicyclic) bond motifs is 3. The predicted octanol–water partition coefficient (Wildman–Crippen LogP) is 3.21. The lowest BCUT2D eigenvalue weighted by Crippen LogP contribution is -2.57. The number of rotatable bonds is 7. The van der Waals surface area contributed by atoms with Crippen LogP contribution in [-0.4, -0.2) is 103 Å². The van der Waals surface area contributed by atoms with Crippen LogP contribution >= 0.6 is 0 Å². The van der Waals surface area contributed by atoms with E-state index < -0.39 is 17.8 Å². The number of halogens is 1. The number of amides is 1. The third-order valence-electron chi connectivity index (χ3n) is 9.93. The number of aromatic nitrogens is 2. The first-order valence-electron chi connectivity index (χ1n) is 15.1. The number of likely N-dealkylation sites (N-methyl/N-ethyl adjacent to an activating group) is 2. The fraction of sp³-hybridized carbons (Fsp3) is 0.562. The van der Waals surface area contributed by atoms with Crippen molar-refractivity contribution >= 4 is 11.7 Å². The van der Waals surface area contributed by atoms with Gasteiger partial charge in [-0.3, -0.25) is 9.69 Å². The minimum absolute atomic E-state index is 0.0712. The second kappa shape index (κ2) is 11.7. The summed E-state index contributed by atoms with van der Waals surface area (Å²) in [5.41, 5.74) is 4.32. The zero-order chi connectivity index (χ0) is 30.3. The molecule has 43 heavy (non-hydrogen) atoms. The lowest BCUT2D eigenvalue weighted by atomic mass is 9.81. The third kappa shape index (κ3) is 5.21. The summed E-state index contributed by atoms with van der Waals surface area (Å²) in [5, 5.41) is 0. The Bertz CT molecular complexity index is 1460. The molecule has 1 amide bonds. The number of piperazine rings is 1. The molecule has 10 nitrogen and oxygen atoms in total. The van der Waals surface area contributed by atoms with E-state index in [0.717, 1.165) is 55.1 Å². The van der Waals surface area contributed by atoms with Crippen LogP contribution in [0.5, 0.6) is 11.8 Å². The van der Waals surface area contributed by atoms with Gasteiger partial charge < -0.3 is 29.0 Å². The molecule has 0 bridgehead atoms. The summed E-state index contributed by atoms with van der Waals surface area (Å²) in [4.78, 5) is 34.4. The van der Waals surface area contributed by atoms with Crippen molar-refractivity contribution in [3.63, 3.8) is 0 Å². The van der Waals surface area contributed by atoms with Crippen LogP contribution in [0.4, 0.5) is 10.2 Å². The van der Waals surface area contributed by atoms with Crippen molar-refractivity contribution in [2.75, 3.05) is 65.4 Å². The van der Waals surface area contributed by atoms with Gasteiger partial charge in [-0.15, -0.1) is 0 Å². The summed E-state index contributed by atoms with van der Waals surface area (Å²) in [7, 11) is 6.01. The molecule has 0 saturated carbocycles. The van der Waals surface area contributed by atoms with Gasteiger partial charge in [0.2, 0.25) is 6.54 Å². The van der Waals surface area contributed by atoms with Gasteiger partial charge in [0.1, 0.15) is 24.2 Å². The number of carbonyl (C=O) groups is 1. The van der Waals surface area contributed by atoms with Crippen molar-refractivity contribution < 1.29 is 18.7 Å². The van der Waals surface area contributed by atoms with E-state index >= 15 is 0 Å². The molecule has 6 rings (SSSR count). The highest BCUT2D eigenvalue weighted by atomic mass is 19.1. The van der Waals surface area contributed by atoms with E-state index in [4.69, 9.17) is 26.0 Å². The summed E-state index contributed by atoms with van der Waals surface area (Å²) in [6.45, 7) is 14.1. The molecule has 1 aromatic carbocycles. The molecular formula is C32H40FN7O3. The van der Waals surface area contributed by atoms with E-state index in [0.29, 0.717) is 44.7 Å². The molecule has 11 heteroatoms. The van der Waals surface area contributed by atoms with E-state index in [1.807, 2.05) is 6.07 Å². The number of likely N-dealkylation sites (tertiary alicyclic amines) is 1. The first-order valence-corrected chi connectivity index (χ1v) is 15.1. The maximum atomic E-state index is 13.8. The Morgan fingerprint density at radius 2 is 2.05 bits per heavy atom. The number of ether oxygens (including phenoxy) is 2. The molecular weight excluding hydrogens is 549 g/mol. The maximum Gasteiger partial charge on any atom is 0.318 e. The minimum atomic E-state index is -1.00. The first kappa shape index (κ1) is 29.3. The first-order chi connectivity index (χ1) is 20.8. The molecule has 0 radical (unpaired) electrons. The summed E-state index contributed by atoms with van der Waals surface area (Å²) >= 11 is 0. The molecule has 3 aliphatic heterocycles. The zero-order valence-corrected chi connectivity index (χ0v) is 25.3. The Hall–Kier alpha value is -3.75. The second-order valence-corrected chi connectivity index (χ2v) is 12.2. The van der Waals surface area contributed by atoms with E-state index in [-0.39, 0.29) is 18.6 Å². The number of carbonyl (C=O) groups excluding carboxylic acids is 1. The van der Waals surface area contributed by atoms with Gasteiger partial charge in [0.05, 0.1) is 18.3 Å². The van der Waals surface area contributed by atoms with Crippen molar-refractivity contribution in [3.8, 4) is 11.8 Å². The van der Waals surface area contributed by atoms with Crippen LogP contribution in [0.1, 0.15) is 41.6 Å². The normalized spacial score (nSPS) is 25.4. The highest BCUT2D eigenvalue weighted by Gasteiger charge is 2.48. The summed E-state index contributed by atoms with van der Waals surface area (Å²) in [6, 6.07) is 6.51. The van der Waals surface area contributed by atoms with Crippen molar-refractivity contribution in [3.05, 3.63) is 64.4 Å². The number of benzene rings is 1. The fourth-order valence-electron chi connectivity index (χ4n) is 7.52. The van der Waals surface area contributed by atoms with Gasteiger partial charge in [0.15, 0.2) is 5.83 Å². The number of anilines is 1. The zero-order valence-electron chi connectivity index (χ0n) is 25.3. The Labute approximate surface area is 252 Å². The Kier molecular flexibility index (Phi) is 8.00. The van der Waals surface area contributed by atoms with E-state index in [1.54, 1.807) is 7.11 Å². The quantitative estimate of drug-likeness (QED) is 0.360. The van der Waals surface area contributed by atoms with Gasteiger partial charge in [0, 0.05) is 44.2 Å². The summed E-state index contributed by atoms with van der Waals surface area (Å²) in [5.74, 6) is -0.0575. The topological polar surface area (TPSA) is 78.6 Å². The molecule has 1 spiro atoms. The van der Waals surface area contributed by atoms with E-state index in [9.17, 15) is 9.18 Å². The number of nitrogens with zero attached hydrogens (tertiary/aromatic N) is 7. The van der Waals surface area contributed by atoms with Crippen LogP contribution < -0.4 is 14.4 Å². The van der Waals surface area contributed by atoms with Crippen molar-refractivity contribution in [1.82, 2.24) is 24.7 Å². The second-order valence-electron chi connectivity index (χ2n) is 12.2. The molecule has 228 valence electrons. The minimum Gasteiger partial charge on any atom is -0.496 e. The van der Waals surface area contributed by atoms with Crippen molar-refractivity contribution in [2.24, 2.45) is 0 Å². The molecule has 0 N–H and O–H groups in total. The Morgan fingerprint density at radius 3 is 2.77 bits per heavy atom. The van der Waals surface area contributed by atoms with Crippen LogP contribution in [0, 0.1) is 6.57 Å². The van der Waals surface area contributed by atoms with Crippen LogP contribution in [0.3, 0.4) is 0 Å².